The van der Waals surface area contributed by atoms with Gasteiger partial charge < -0.3 is 14.7 Å². The second-order valence-corrected chi connectivity index (χ2v) is 12.3. The number of hydrogen-bond donors (Lipinski definition) is 2. The van der Waals surface area contributed by atoms with E-state index in [2.05, 4.69) is 5.10 Å². The van der Waals surface area contributed by atoms with Gasteiger partial charge in [0.15, 0.2) is 5.69 Å². The van der Waals surface area contributed by atoms with Crippen LogP contribution < -0.4 is 10.3 Å². The van der Waals surface area contributed by atoms with E-state index in [1.54, 1.807) is 49.8 Å². The Bertz CT molecular complexity index is 1570. The number of aromatic nitrogens is 2. The van der Waals surface area contributed by atoms with Gasteiger partial charge in [-0.15, -0.1) is 5.59 Å². The smallest absolute Gasteiger partial charge is 0.435 e. The lowest BCUT2D eigenvalue weighted by atomic mass is 9.98. The van der Waals surface area contributed by atoms with Crippen molar-refractivity contribution in [3.05, 3.63) is 71.1 Å². The maximum Gasteiger partial charge on any atom is 0.435 e. The summed E-state index contributed by atoms with van der Waals surface area (Å²) >= 11 is 0. The summed E-state index contributed by atoms with van der Waals surface area (Å²) in [5.41, 5.74) is 1.68. The highest BCUT2D eigenvalue weighted by atomic mass is 32.2. The number of aryl methyl sites for hydroxylation is 1. The summed E-state index contributed by atoms with van der Waals surface area (Å²) < 4.78 is 78.1. The third kappa shape index (κ3) is 9.96. The number of hydrogen-bond acceptors (Lipinski definition) is 12. The van der Waals surface area contributed by atoms with Crippen LogP contribution in [0.25, 0.3) is 16.9 Å². The molecule has 45 heavy (non-hydrogen) atoms. The van der Waals surface area contributed by atoms with Crippen molar-refractivity contribution in [1.82, 2.24) is 30.4 Å². The molecule has 0 saturated carbocycles. The van der Waals surface area contributed by atoms with Crippen molar-refractivity contribution in [2.75, 3.05) is 27.0 Å². The number of esters is 1. The van der Waals surface area contributed by atoms with Crippen molar-refractivity contribution in [3.8, 4) is 16.9 Å². The summed E-state index contributed by atoms with van der Waals surface area (Å²) in [7, 11) is -3.14. The van der Waals surface area contributed by atoms with Crippen LogP contribution >= 0.6 is 0 Å². The van der Waals surface area contributed by atoms with Crippen molar-refractivity contribution in [2.45, 2.75) is 38.8 Å². The Labute approximate surface area is 257 Å². The van der Waals surface area contributed by atoms with Crippen LogP contribution in [-0.4, -0.2) is 67.5 Å². The van der Waals surface area contributed by atoms with Gasteiger partial charge in [0.2, 0.25) is 6.79 Å². The summed E-state index contributed by atoms with van der Waals surface area (Å²) in [5.74, 6) is -0.551. The van der Waals surface area contributed by atoms with Gasteiger partial charge in [0.05, 0.1) is 21.7 Å². The van der Waals surface area contributed by atoms with E-state index >= 15 is 0 Å². The van der Waals surface area contributed by atoms with Gasteiger partial charge in [0.1, 0.15) is 6.61 Å². The van der Waals surface area contributed by atoms with E-state index in [4.69, 9.17) is 14.3 Å². The van der Waals surface area contributed by atoms with E-state index in [0.717, 1.165) is 33.5 Å². The van der Waals surface area contributed by atoms with Gasteiger partial charge in [-0.25, -0.2) is 37.7 Å². The number of hydrazine groups is 2. The van der Waals surface area contributed by atoms with E-state index < -0.39 is 52.8 Å². The normalized spacial score (nSPS) is 12.4. The number of sulfonamides is 1. The SMILES string of the molecule is Cc1ccc(-c2cc(C(F)(F)F)nn2-c2ccc(S(=O)(=O)NC(=O)OCCN(C)N([O-])NOCOC(=O)C(C)(C)C)cc2)cc1. The molecule has 0 bridgehead atoms. The lowest BCUT2D eigenvalue weighted by molar-refractivity contribution is -0.207. The van der Waals surface area contributed by atoms with Crippen LogP contribution in [0.3, 0.4) is 0 Å². The van der Waals surface area contributed by atoms with E-state index in [9.17, 15) is 36.4 Å². The van der Waals surface area contributed by atoms with E-state index in [0.29, 0.717) is 5.56 Å². The van der Waals surface area contributed by atoms with Crippen LogP contribution in [0.5, 0.6) is 0 Å². The van der Waals surface area contributed by atoms with Crippen LogP contribution in [0, 0.1) is 17.5 Å². The van der Waals surface area contributed by atoms with Crippen molar-refractivity contribution >= 4 is 22.1 Å². The van der Waals surface area contributed by atoms with Crippen molar-refractivity contribution in [1.29, 1.82) is 0 Å². The summed E-state index contributed by atoms with van der Waals surface area (Å²) in [6, 6.07) is 12.3. The summed E-state index contributed by atoms with van der Waals surface area (Å²) in [6.45, 7) is 5.57. The third-order valence-corrected chi connectivity index (χ3v) is 7.25. The molecule has 0 aliphatic carbocycles. The average molecular weight is 658 g/mol. The lowest BCUT2D eigenvalue weighted by Gasteiger charge is -2.35. The highest BCUT2D eigenvalue weighted by Gasteiger charge is 2.35. The number of carbonyl (C=O) groups is 2. The molecule has 0 aliphatic rings. The molecule has 0 radical (unpaired) electrons. The predicted molar refractivity (Wildman–Crippen MR) is 153 cm³/mol. The third-order valence-electron chi connectivity index (χ3n) is 5.92. The molecule has 3 rings (SSSR count). The number of ether oxygens (including phenoxy) is 2. The first-order chi connectivity index (χ1) is 20.9. The van der Waals surface area contributed by atoms with Crippen LogP contribution in [-0.2, 0) is 35.3 Å². The quantitative estimate of drug-likeness (QED) is 0.125. The fourth-order valence-corrected chi connectivity index (χ4v) is 4.31. The van der Waals surface area contributed by atoms with Gasteiger partial charge in [-0.1, -0.05) is 29.8 Å². The number of halogens is 3. The number of benzene rings is 2. The minimum atomic E-state index is -4.72. The number of nitrogens with one attached hydrogen (secondary N) is 2. The van der Waals surface area contributed by atoms with Crippen LogP contribution in [0.1, 0.15) is 32.0 Å². The van der Waals surface area contributed by atoms with Crippen molar-refractivity contribution < 1.29 is 45.5 Å². The van der Waals surface area contributed by atoms with Gasteiger partial charge in [0, 0.05) is 19.2 Å². The van der Waals surface area contributed by atoms with Crippen molar-refractivity contribution in [3.63, 3.8) is 0 Å². The molecular formula is C27H32F3N6O8S-. The second-order valence-electron chi connectivity index (χ2n) is 10.6. The number of likely N-dealkylation sites (N-methyl/N-ethyl adjacent to an activating group) is 1. The zero-order valence-electron chi connectivity index (χ0n) is 24.9. The largest absolute Gasteiger partial charge is 0.756 e. The Balaban J connectivity index is 1.57. The summed E-state index contributed by atoms with van der Waals surface area (Å²) in [5, 5.41) is 16.7. The maximum absolute atomic E-state index is 13.5. The molecule has 0 saturated heterocycles. The standard InChI is InChI=1S/C27H32F3N6O8S/c1-18-6-8-19(9-7-18)22-16-23(27(28,29)30)31-35(22)20-10-12-21(13-11-20)45(40,41)32-25(38)42-15-14-34(5)36(39)33-44-17-43-24(37)26(2,3)4/h6-13,16,33H,14-15,17H2,1-5H3,(H,32,38)/q-1. The van der Waals surface area contributed by atoms with Gasteiger partial charge in [-0.2, -0.15) is 18.3 Å². The molecule has 3 aromatic rings. The first-order valence-corrected chi connectivity index (χ1v) is 14.6. The summed E-state index contributed by atoms with van der Waals surface area (Å²) in [4.78, 5) is 28.1. The fourth-order valence-electron chi connectivity index (χ4n) is 3.42. The number of carbonyl (C=O) groups excluding carboxylic acids is 2. The number of alkyl halides is 3. The molecular weight excluding hydrogens is 625 g/mol. The first kappa shape index (κ1) is 35.4. The molecule has 1 aromatic heterocycles. The lowest BCUT2D eigenvalue weighted by Crippen LogP contribution is -2.47. The molecule has 1 heterocycles. The molecule has 0 spiro atoms. The van der Waals surface area contributed by atoms with Crippen molar-refractivity contribution in [2.24, 2.45) is 5.41 Å². The molecule has 2 aromatic carbocycles. The first-order valence-electron chi connectivity index (χ1n) is 13.2. The molecule has 1 amide bonds. The zero-order valence-corrected chi connectivity index (χ0v) is 25.7. The number of nitrogens with zero attached hydrogens (tertiary/aromatic N) is 4. The predicted octanol–water partition coefficient (Wildman–Crippen LogP) is 3.91. The molecule has 18 heteroatoms. The molecule has 2 N–H and O–H groups in total. The Hall–Kier alpha value is -4.07. The van der Waals surface area contributed by atoms with Gasteiger partial charge in [0.25, 0.3) is 10.0 Å². The monoisotopic (exact) mass is 657 g/mol. The highest BCUT2D eigenvalue weighted by Crippen LogP contribution is 2.33. The molecule has 0 aliphatic heterocycles. The van der Waals surface area contributed by atoms with E-state index in [-0.39, 0.29) is 28.1 Å². The average Bonchev–Trinajstić information content (AvgIpc) is 3.41. The summed E-state index contributed by atoms with van der Waals surface area (Å²) in [6.07, 6.45) is -6.06. The number of rotatable bonds is 12. The van der Waals surface area contributed by atoms with Gasteiger partial charge in [-0.05, 0) is 58.0 Å². The Morgan fingerprint density at radius 3 is 2.22 bits per heavy atom. The highest BCUT2D eigenvalue weighted by molar-refractivity contribution is 7.90. The van der Waals surface area contributed by atoms with Gasteiger partial charge >= 0.3 is 18.2 Å². The minimum absolute atomic E-state index is 0.117. The van der Waals surface area contributed by atoms with E-state index in [1.165, 1.54) is 19.2 Å². The maximum atomic E-state index is 13.5. The molecule has 0 unspecified atom stereocenters. The molecule has 14 nitrogen and oxygen atoms in total. The van der Waals surface area contributed by atoms with Crippen LogP contribution in [0.4, 0.5) is 18.0 Å². The molecule has 0 fully saturated rings. The molecule has 0 atom stereocenters. The van der Waals surface area contributed by atoms with Crippen LogP contribution in [0.2, 0.25) is 0 Å². The Morgan fingerprint density at radius 2 is 1.64 bits per heavy atom. The number of amides is 1. The topological polar surface area (TPSA) is 167 Å². The van der Waals surface area contributed by atoms with Gasteiger partial charge in [-0.3, -0.25) is 4.79 Å². The fraction of sp³-hybridized carbons (Fsp3) is 0.370. The Morgan fingerprint density at radius 1 is 1.02 bits per heavy atom. The van der Waals surface area contributed by atoms with E-state index in [1.807, 2.05) is 12.5 Å². The minimum Gasteiger partial charge on any atom is -0.756 e. The van der Waals surface area contributed by atoms with Crippen LogP contribution in [0.15, 0.2) is 59.5 Å². The molecule has 246 valence electrons. The zero-order chi connectivity index (χ0) is 33.6. The second kappa shape index (κ2) is 14.4. The Kier molecular flexibility index (Phi) is 11.3.